The van der Waals surface area contributed by atoms with Crippen LogP contribution in [0.1, 0.15) is 131 Å². The van der Waals surface area contributed by atoms with E-state index in [4.69, 9.17) is 0 Å². The van der Waals surface area contributed by atoms with E-state index in [2.05, 4.69) is 34.6 Å². The minimum Gasteiger partial charge on any atom is -0.390 e. The van der Waals surface area contributed by atoms with Crippen LogP contribution in [0.3, 0.4) is 0 Å². The van der Waals surface area contributed by atoms with E-state index < -0.39 is 11.2 Å². The number of fused-ring (bicyclic) bond motifs is 3. The third kappa shape index (κ3) is 5.89. The second-order valence-corrected chi connectivity index (χ2v) is 13.1. The van der Waals surface area contributed by atoms with Gasteiger partial charge in [0.25, 0.3) is 0 Å². The van der Waals surface area contributed by atoms with Crippen LogP contribution in [0.15, 0.2) is 0 Å². The Morgan fingerprint density at radius 1 is 0.968 bits per heavy atom. The molecule has 0 heterocycles. The molecule has 3 aliphatic rings. The van der Waals surface area contributed by atoms with Crippen LogP contribution in [0.25, 0.3) is 0 Å². The Balaban J connectivity index is 1.58. The lowest BCUT2D eigenvalue weighted by atomic mass is 9.52. The number of unbranched alkanes of at least 4 members (excludes halogenated alkanes) is 1. The van der Waals surface area contributed by atoms with Crippen molar-refractivity contribution in [2.24, 2.45) is 40.9 Å². The molecule has 9 atom stereocenters. The molecule has 0 aromatic carbocycles. The smallest absolute Gasteiger partial charge is 0.0622 e. The molecule has 182 valence electrons. The van der Waals surface area contributed by atoms with Crippen LogP contribution >= 0.6 is 0 Å². The van der Waals surface area contributed by atoms with Gasteiger partial charge in [-0.1, -0.05) is 47.0 Å². The molecule has 0 bridgehead atoms. The number of aliphatic hydroxyl groups is 2. The van der Waals surface area contributed by atoms with Gasteiger partial charge in [-0.05, 0) is 125 Å². The molecule has 3 rings (SSSR count). The molecule has 1 unspecified atom stereocenters. The predicted molar refractivity (Wildman–Crippen MR) is 132 cm³/mol. The van der Waals surface area contributed by atoms with Crippen molar-refractivity contribution in [1.82, 2.24) is 0 Å². The fourth-order valence-electron chi connectivity index (χ4n) is 8.43. The Bertz CT molecular complexity index is 567. The van der Waals surface area contributed by atoms with Gasteiger partial charge in [0.05, 0.1) is 11.2 Å². The quantitative estimate of drug-likeness (QED) is 0.369. The first kappa shape index (κ1) is 25.5. The zero-order valence-corrected chi connectivity index (χ0v) is 21.8. The molecule has 0 aliphatic heterocycles. The van der Waals surface area contributed by atoms with Crippen LogP contribution in [0.4, 0.5) is 0 Å². The highest BCUT2D eigenvalue weighted by molar-refractivity contribution is 5.05. The average molecular weight is 435 g/mol. The van der Waals surface area contributed by atoms with Crippen molar-refractivity contribution in [3.63, 3.8) is 0 Å². The normalized spacial score (nSPS) is 40.5. The molecule has 3 aliphatic carbocycles. The highest BCUT2D eigenvalue weighted by Gasteiger charge is 2.55. The molecule has 0 amide bonds. The predicted octanol–water partition coefficient (Wildman–Crippen LogP) is 7.75. The summed E-state index contributed by atoms with van der Waals surface area (Å²) >= 11 is 0. The highest BCUT2D eigenvalue weighted by Crippen LogP contribution is 2.64. The Hall–Kier alpha value is -0.0800. The van der Waals surface area contributed by atoms with E-state index in [0.29, 0.717) is 5.41 Å². The second kappa shape index (κ2) is 10.0. The minimum absolute atomic E-state index is 0.454. The van der Waals surface area contributed by atoms with E-state index in [1.807, 2.05) is 6.92 Å². The zero-order chi connectivity index (χ0) is 22.9. The summed E-state index contributed by atoms with van der Waals surface area (Å²) in [5.74, 6) is 5.09. The van der Waals surface area contributed by atoms with E-state index in [1.165, 1.54) is 57.8 Å². The average Bonchev–Trinajstić information content (AvgIpc) is 3.08. The van der Waals surface area contributed by atoms with Gasteiger partial charge in [-0.15, -0.1) is 0 Å². The molecule has 0 spiro atoms. The molecule has 0 aromatic heterocycles. The molecule has 31 heavy (non-hydrogen) atoms. The summed E-state index contributed by atoms with van der Waals surface area (Å²) in [6.07, 6.45) is 17.1. The zero-order valence-electron chi connectivity index (χ0n) is 21.8. The van der Waals surface area contributed by atoms with Gasteiger partial charge in [-0.25, -0.2) is 0 Å². The second-order valence-electron chi connectivity index (χ2n) is 13.1. The Morgan fingerprint density at radius 3 is 2.39 bits per heavy atom. The van der Waals surface area contributed by atoms with Crippen LogP contribution in [0.5, 0.6) is 0 Å². The van der Waals surface area contributed by atoms with Crippen LogP contribution in [-0.2, 0) is 0 Å². The molecular formula is C29H54O2. The summed E-state index contributed by atoms with van der Waals surface area (Å²) < 4.78 is 0. The van der Waals surface area contributed by atoms with Crippen LogP contribution in [0, 0.1) is 40.9 Å². The summed E-state index contributed by atoms with van der Waals surface area (Å²) in [4.78, 5) is 0. The van der Waals surface area contributed by atoms with Crippen molar-refractivity contribution in [3.8, 4) is 0 Å². The van der Waals surface area contributed by atoms with Crippen molar-refractivity contribution in [1.29, 1.82) is 0 Å². The SMILES string of the molecule is CCCC[C@](C)(O)C[C@@H]1CC[C@@H]2[C@H](CC[C@]3(C)[C@@H]([C@H](C)CCC(C)(O)CC)CC[C@@H]23)C1. The van der Waals surface area contributed by atoms with Crippen molar-refractivity contribution >= 4 is 0 Å². The molecule has 3 fully saturated rings. The largest absolute Gasteiger partial charge is 0.390 e. The molecule has 3 saturated carbocycles. The molecule has 2 nitrogen and oxygen atoms in total. The first-order chi connectivity index (χ1) is 14.5. The molecule has 0 radical (unpaired) electrons. The summed E-state index contributed by atoms with van der Waals surface area (Å²) in [5.41, 5.74) is -0.413. The molecular weight excluding hydrogens is 380 g/mol. The number of rotatable bonds is 10. The van der Waals surface area contributed by atoms with Crippen molar-refractivity contribution < 1.29 is 10.2 Å². The van der Waals surface area contributed by atoms with Crippen LogP contribution in [-0.4, -0.2) is 21.4 Å². The molecule has 2 N–H and O–H groups in total. The van der Waals surface area contributed by atoms with Crippen molar-refractivity contribution in [2.75, 3.05) is 0 Å². The maximum Gasteiger partial charge on any atom is 0.0622 e. The van der Waals surface area contributed by atoms with Crippen LogP contribution in [0.2, 0.25) is 0 Å². The van der Waals surface area contributed by atoms with E-state index in [9.17, 15) is 10.2 Å². The summed E-state index contributed by atoms with van der Waals surface area (Å²) in [5, 5.41) is 21.4. The third-order valence-electron chi connectivity index (χ3n) is 10.6. The summed E-state index contributed by atoms with van der Waals surface area (Å²) in [6, 6.07) is 0. The van der Waals surface area contributed by atoms with Crippen molar-refractivity contribution in [2.45, 2.75) is 143 Å². The maximum absolute atomic E-state index is 10.9. The fraction of sp³-hybridized carbons (Fsp3) is 1.00. The Kier molecular flexibility index (Phi) is 8.27. The molecule has 0 aromatic rings. The van der Waals surface area contributed by atoms with Gasteiger partial charge in [0.15, 0.2) is 0 Å². The lowest BCUT2D eigenvalue weighted by Gasteiger charge is -2.53. The monoisotopic (exact) mass is 434 g/mol. The summed E-state index contributed by atoms with van der Waals surface area (Å²) in [6.45, 7) is 13.6. The van der Waals surface area contributed by atoms with E-state index in [1.54, 1.807) is 0 Å². The van der Waals surface area contributed by atoms with Gasteiger partial charge >= 0.3 is 0 Å². The Morgan fingerprint density at radius 2 is 1.71 bits per heavy atom. The van der Waals surface area contributed by atoms with Crippen LogP contribution < -0.4 is 0 Å². The number of hydrogen-bond donors (Lipinski definition) is 2. The standard InChI is InChI=1S/C29H54O2/c1-7-9-16-28(5,31)20-22-10-11-24-23(19-22)15-18-29(6)25(12-13-26(24)29)21(3)14-17-27(4,30)8-2/h21-26,30-31H,7-20H2,1-6H3/t21-,22-,23-,24-,25-,26+,27?,28+,29-/m1/s1. The topological polar surface area (TPSA) is 40.5 Å². The third-order valence-corrected chi connectivity index (χ3v) is 10.6. The van der Waals surface area contributed by atoms with Gasteiger partial charge < -0.3 is 10.2 Å². The number of hydrogen-bond acceptors (Lipinski definition) is 2. The molecule has 2 heteroatoms. The first-order valence-corrected chi connectivity index (χ1v) is 14.0. The highest BCUT2D eigenvalue weighted by atomic mass is 16.3. The van der Waals surface area contributed by atoms with Gasteiger partial charge in [0, 0.05) is 0 Å². The van der Waals surface area contributed by atoms with Gasteiger partial charge in [0.1, 0.15) is 0 Å². The first-order valence-electron chi connectivity index (χ1n) is 14.0. The van der Waals surface area contributed by atoms with E-state index in [-0.39, 0.29) is 0 Å². The van der Waals surface area contributed by atoms with Gasteiger partial charge in [-0.2, -0.15) is 0 Å². The van der Waals surface area contributed by atoms with Crippen molar-refractivity contribution in [3.05, 3.63) is 0 Å². The Labute approximate surface area is 194 Å². The van der Waals surface area contributed by atoms with E-state index >= 15 is 0 Å². The van der Waals surface area contributed by atoms with E-state index in [0.717, 1.165) is 67.6 Å². The fourth-order valence-corrected chi connectivity index (χ4v) is 8.43. The summed E-state index contributed by atoms with van der Waals surface area (Å²) in [7, 11) is 0. The van der Waals surface area contributed by atoms with Gasteiger partial charge in [0.2, 0.25) is 0 Å². The minimum atomic E-state index is -0.485. The van der Waals surface area contributed by atoms with Gasteiger partial charge in [-0.3, -0.25) is 0 Å². The molecule has 0 saturated heterocycles. The maximum atomic E-state index is 10.9. The lowest BCUT2D eigenvalue weighted by Crippen LogP contribution is -2.45. The lowest BCUT2D eigenvalue weighted by molar-refractivity contribution is -0.0480.